The Kier molecular flexibility index (Phi) is 8.12. The molecule has 0 radical (unpaired) electrons. The zero-order valence-electron chi connectivity index (χ0n) is 29.9. The number of rotatable bonds is 7. The summed E-state index contributed by atoms with van der Waals surface area (Å²) in [6, 6.07) is 70.5. The lowest BCUT2D eigenvalue weighted by atomic mass is 9.84. The number of benzene rings is 8. The Morgan fingerprint density at radius 1 is 0.291 bits per heavy atom. The number of aromatic amines is 1. The predicted octanol–water partition coefficient (Wildman–Crippen LogP) is 13.2. The number of aromatic nitrogens is 4. The number of nitrogens with zero attached hydrogens (tertiary/aromatic N) is 3. The molecule has 4 heteroatoms. The molecule has 2 aromatic heterocycles. The van der Waals surface area contributed by atoms with Crippen LogP contribution in [0.1, 0.15) is 0 Å². The van der Waals surface area contributed by atoms with Gasteiger partial charge < -0.3 is 4.98 Å². The van der Waals surface area contributed by atoms with Crippen molar-refractivity contribution >= 4 is 21.8 Å². The van der Waals surface area contributed by atoms with E-state index >= 15 is 0 Å². The number of hydrogen-bond donors (Lipinski definition) is 1. The van der Waals surface area contributed by atoms with E-state index < -0.39 is 0 Å². The van der Waals surface area contributed by atoms with Crippen LogP contribution in [0.15, 0.2) is 200 Å². The summed E-state index contributed by atoms with van der Waals surface area (Å²) in [7, 11) is 0. The average Bonchev–Trinajstić information content (AvgIpc) is 3.65. The van der Waals surface area contributed by atoms with Crippen molar-refractivity contribution in [2.24, 2.45) is 0 Å². The zero-order chi connectivity index (χ0) is 36.6. The van der Waals surface area contributed by atoms with E-state index in [1.165, 1.54) is 22.3 Å². The molecule has 0 saturated heterocycles. The van der Waals surface area contributed by atoms with Gasteiger partial charge in [0.05, 0.1) is 5.52 Å². The van der Waals surface area contributed by atoms with Gasteiger partial charge in [0.2, 0.25) is 0 Å². The fourth-order valence-corrected chi connectivity index (χ4v) is 8.06. The molecule has 8 aromatic carbocycles. The Hall–Kier alpha value is -7.43. The summed E-state index contributed by atoms with van der Waals surface area (Å²) in [6.45, 7) is 0. The van der Waals surface area contributed by atoms with Gasteiger partial charge in [0.25, 0.3) is 0 Å². The van der Waals surface area contributed by atoms with E-state index in [2.05, 4.69) is 186 Å². The van der Waals surface area contributed by atoms with Crippen LogP contribution in [0, 0.1) is 0 Å². The molecule has 0 unspecified atom stereocenters. The molecule has 4 nitrogen and oxygen atoms in total. The first-order valence-electron chi connectivity index (χ1n) is 18.5. The van der Waals surface area contributed by atoms with Gasteiger partial charge in [-0.25, -0.2) is 0 Å². The van der Waals surface area contributed by atoms with Gasteiger partial charge in [0, 0.05) is 33.0 Å². The average molecular weight is 703 g/mol. The van der Waals surface area contributed by atoms with E-state index in [0.717, 1.165) is 77.7 Å². The summed E-state index contributed by atoms with van der Waals surface area (Å²) in [5.74, 6) is 0. The van der Waals surface area contributed by atoms with Crippen LogP contribution in [-0.4, -0.2) is 20.4 Å². The third-order valence-corrected chi connectivity index (χ3v) is 10.5. The van der Waals surface area contributed by atoms with E-state index in [-0.39, 0.29) is 0 Å². The third-order valence-electron chi connectivity index (χ3n) is 10.5. The zero-order valence-corrected chi connectivity index (χ0v) is 29.9. The van der Waals surface area contributed by atoms with Crippen molar-refractivity contribution in [1.82, 2.24) is 20.4 Å². The van der Waals surface area contributed by atoms with Crippen molar-refractivity contribution in [3.63, 3.8) is 0 Å². The SMILES string of the molecule is c1ccc(-c2ccccc2-c2ccccc2-c2ccccc2-c2ccc3c([nH]c4ccccc43)c2-c2nnnc(-c3ccccc3)c2-c2ccccc2)cc1. The molecule has 0 spiro atoms. The number of hydrogen-bond acceptors (Lipinski definition) is 3. The summed E-state index contributed by atoms with van der Waals surface area (Å²) < 4.78 is 0. The van der Waals surface area contributed by atoms with Gasteiger partial charge >= 0.3 is 0 Å². The fraction of sp³-hybridized carbons (Fsp3) is 0. The first-order chi connectivity index (χ1) is 27.3. The van der Waals surface area contributed by atoms with Crippen LogP contribution in [0.3, 0.4) is 0 Å². The molecule has 0 bridgehead atoms. The minimum absolute atomic E-state index is 0.768. The fourth-order valence-electron chi connectivity index (χ4n) is 8.06. The largest absolute Gasteiger partial charge is 0.354 e. The topological polar surface area (TPSA) is 54.5 Å². The van der Waals surface area contributed by atoms with Crippen LogP contribution in [0.2, 0.25) is 0 Å². The van der Waals surface area contributed by atoms with E-state index in [0.29, 0.717) is 0 Å². The molecule has 0 aliphatic rings. The van der Waals surface area contributed by atoms with E-state index in [1.807, 2.05) is 24.3 Å². The third kappa shape index (κ3) is 5.68. The van der Waals surface area contributed by atoms with Crippen LogP contribution in [0.5, 0.6) is 0 Å². The molecule has 10 aromatic rings. The first-order valence-corrected chi connectivity index (χ1v) is 18.5. The summed E-state index contributed by atoms with van der Waals surface area (Å²) in [5, 5.41) is 16.4. The van der Waals surface area contributed by atoms with Crippen molar-refractivity contribution in [1.29, 1.82) is 0 Å². The molecule has 0 saturated carbocycles. The van der Waals surface area contributed by atoms with Crippen molar-refractivity contribution in [3.05, 3.63) is 200 Å². The van der Waals surface area contributed by atoms with Crippen LogP contribution < -0.4 is 0 Å². The second-order valence-corrected chi connectivity index (χ2v) is 13.7. The monoisotopic (exact) mass is 702 g/mol. The highest BCUT2D eigenvalue weighted by atomic mass is 15.3. The van der Waals surface area contributed by atoms with Gasteiger partial charge in [-0.15, -0.1) is 10.2 Å². The highest BCUT2D eigenvalue weighted by molar-refractivity contribution is 6.16. The van der Waals surface area contributed by atoms with Gasteiger partial charge in [-0.1, -0.05) is 194 Å². The maximum absolute atomic E-state index is 4.95. The summed E-state index contributed by atoms with van der Waals surface area (Å²) in [5.41, 5.74) is 16.7. The van der Waals surface area contributed by atoms with Crippen LogP contribution in [0.4, 0.5) is 0 Å². The van der Waals surface area contributed by atoms with Gasteiger partial charge in [0.1, 0.15) is 11.4 Å². The Morgan fingerprint density at radius 3 is 1.36 bits per heavy atom. The summed E-state index contributed by atoms with van der Waals surface area (Å²) in [4.78, 5) is 3.83. The van der Waals surface area contributed by atoms with Crippen molar-refractivity contribution in [2.75, 3.05) is 0 Å². The Morgan fingerprint density at radius 2 is 0.745 bits per heavy atom. The van der Waals surface area contributed by atoms with Gasteiger partial charge in [-0.2, -0.15) is 0 Å². The molecular weight excluding hydrogens is 669 g/mol. The maximum atomic E-state index is 4.95. The van der Waals surface area contributed by atoms with Crippen LogP contribution in [-0.2, 0) is 0 Å². The quantitative estimate of drug-likeness (QED) is 0.180. The standard InChI is InChI=1S/C51H34N4/c1-4-18-34(19-5-1)37-24-10-11-25-38(37)39-26-12-13-27-40(39)41-28-14-15-29-42(41)44-32-33-45-43-30-16-17-31-46(43)52-50(45)48(44)51-47(35-20-6-2-7-21-35)49(53-55-54-51)36-22-8-3-9-23-36/h1-33,52H. The number of fused-ring (bicyclic) bond motifs is 3. The van der Waals surface area contributed by atoms with Crippen molar-refractivity contribution in [2.45, 2.75) is 0 Å². The summed E-state index contributed by atoms with van der Waals surface area (Å²) in [6.07, 6.45) is 0. The van der Waals surface area contributed by atoms with Gasteiger partial charge in [0.15, 0.2) is 0 Å². The van der Waals surface area contributed by atoms with E-state index in [4.69, 9.17) is 10.2 Å². The Bertz CT molecular complexity index is 2970. The Balaban J connectivity index is 1.28. The molecule has 10 rings (SSSR count). The summed E-state index contributed by atoms with van der Waals surface area (Å²) >= 11 is 0. The molecule has 258 valence electrons. The smallest absolute Gasteiger partial charge is 0.108 e. The number of para-hydroxylation sites is 1. The van der Waals surface area contributed by atoms with Gasteiger partial charge in [-0.05, 0) is 61.4 Å². The minimum Gasteiger partial charge on any atom is -0.354 e. The highest BCUT2D eigenvalue weighted by Crippen LogP contribution is 2.48. The molecule has 1 N–H and O–H groups in total. The van der Waals surface area contributed by atoms with E-state index in [1.54, 1.807) is 0 Å². The minimum atomic E-state index is 0.768. The lowest BCUT2D eigenvalue weighted by Gasteiger charge is -2.20. The molecule has 0 amide bonds. The lowest BCUT2D eigenvalue weighted by Crippen LogP contribution is -2.02. The number of nitrogens with one attached hydrogen (secondary N) is 1. The molecule has 55 heavy (non-hydrogen) atoms. The maximum Gasteiger partial charge on any atom is 0.108 e. The predicted molar refractivity (Wildman–Crippen MR) is 227 cm³/mol. The first kappa shape index (κ1) is 32.2. The molecule has 2 heterocycles. The lowest BCUT2D eigenvalue weighted by molar-refractivity contribution is 0.879. The van der Waals surface area contributed by atoms with Crippen LogP contribution in [0.25, 0.3) is 100.0 Å². The molecule has 0 aliphatic carbocycles. The molecule has 0 atom stereocenters. The second-order valence-electron chi connectivity index (χ2n) is 13.7. The Labute approximate surface area is 319 Å². The molecule has 0 aliphatic heterocycles. The van der Waals surface area contributed by atoms with Crippen molar-refractivity contribution < 1.29 is 0 Å². The molecule has 0 fully saturated rings. The van der Waals surface area contributed by atoms with Crippen molar-refractivity contribution in [3.8, 4) is 78.1 Å². The second kappa shape index (κ2) is 13.8. The molecular formula is C51H34N4. The normalized spacial score (nSPS) is 11.3. The van der Waals surface area contributed by atoms with E-state index in [9.17, 15) is 0 Å². The van der Waals surface area contributed by atoms with Gasteiger partial charge in [-0.3, -0.25) is 0 Å². The van der Waals surface area contributed by atoms with Crippen LogP contribution >= 0.6 is 0 Å². The highest BCUT2D eigenvalue weighted by Gasteiger charge is 2.25. The number of H-pyrrole nitrogens is 1.